The fourth-order valence-electron chi connectivity index (χ4n) is 2.10. The van der Waals surface area contributed by atoms with Crippen molar-refractivity contribution >= 4 is 0 Å². The van der Waals surface area contributed by atoms with Gasteiger partial charge in [-0.3, -0.25) is 0 Å². The molecule has 3 heteroatoms. The first kappa shape index (κ1) is 12.0. The number of hydrogen-bond donors (Lipinski definition) is 1. The van der Waals surface area contributed by atoms with Crippen LogP contribution in [0, 0.1) is 0 Å². The van der Waals surface area contributed by atoms with E-state index in [-0.39, 0.29) is 0 Å². The second-order valence-electron chi connectivity index (χ2n) is 4.49. The maximum atomic E-state index is 8.71. The van der Waals surface area contributed by atoms with E-state index in [4.69, 9.17) is 5.11 Å². The Bertz CT molecular complexity index is 150. The first-order chi connectivity index (χ1) is 6.74. The fraction of sp³-hybridized carbons (Fsp3) is 1.00. The Labute approximate surface area is 87.7 Å². The van der Waals surface area contributed by atoms with E-state index in [2.05, 4.69) is 23.9 Å². The van der Waals surface area contributed by atoms with E-state index in [0.29, 0.717) is 6.61 Å². The average molecular weight is 200 g/mol. The first-order valence-corrected chi connectivity index (χ1v) is 5.73. The summed E-state index contributed by atoms with van der Waals surface area (Å²) < 4.78 is 0. The predicted octanol–water partition coefficient (Wildman–Crippen LogP) is 0.785. The fourth-order valence-corrected chi connectivity index (χ4v) is 2.10. The van der Waals surface area contributed by atoms with Crippen LogP contribution in [0.5, 0.6) is 0 Å². The molecule has 84 valence electrons. The molecular formula is C11H24N2O. The monoisotopic (exact) mass is 200 g/mol. The van der Waals surface area contributed by atoms with Gasteiger partial charge in [0.1, 0.15) is 0 Å². The lowest BCUT2D eigenvalue weighted by Crippen LogP contribution is -2.45. The van der Waals surface area contributed by atoms with Crippen molar-refractivity contribution in [3.8, 4) is 0 Å². The minimum atomic E-state index is 0.338. The van der Waals surface area contributed by atoms with Crippen LogP contribution < -0.4 is 0 Å². The molecule has 1 saturated heterocycles. The second kappa shape index (κ2) is 6.38. The lowest BCUT2D eigenvalue weighted by atomic mass is 10.0. The van der Waals surface area contributed by atoms with Gasteiger partial charge in [0.15, 0.2) is 0 Å². The number of likely N-dealkylation sites (N-methyl/N-ethyl adjacent to an activating group) is 1. The molecule has 3 nitrogen and oxygen atoms in total. The SMILES string of the molecule is CN(C)C1CCCN(CCCCO)C1. The number of unbranched alkanes of at least 4 members (excludes halogenated alkanes) is 1. The molecule has 0 aromatic rings. The maximum absolute atomic E-state index is 8.71. The van der Waals surface area contributed by atoms with Crippen molar-refractivity contribution < 1.29 is 5.11 Å². The molecule has 0 aromatic carbocycles. The zero-order chi connectivity index (χ0) is 10.4. The van der Waals surface area contributed by atoms with Gasteiger partial charge in [-0.25, -0.2) is 0 Å². The zero-order valence-electron chi connectivity index (χ0n) is 9.58. The molecule has 0 aromatic heterocycles. The lowest BCUT2D eigenvalue weighted by molar-refractivity contribution is 0.129. The van der Waals surface area contributed by atoms with Gasteiger partial charge in [-0.2, -0.15) is 0 Å². The van der Waals surface area contributed by atoms with E-state index in [1.807, 2.05) is 0 Å². The third kappa shape index (κ3) is 3.95. The Hall–Kier alpha value is -0.120. The summed E-state index contributed by atoms with van der Waals surface area (Å²) in [4.78, 5) is 4.86. The highest BCUT2D eigenvalue weighted by molar-refractivity contribution is 4.77. The van der Waals surface area contributed by atoms with Gasteiger partial charge < -0.3 is 14.9 Å². The van der Waals surface area contributed by atoms with E-state index in [1.54, 1.807) is 0 Å². The van der Waals surface area contributed by atoms with Crippen molar-refractivity contribution in [2.24, 2.45) is 0 Å². The average Bonchev–Trinajstić information content (AvgIpc) is 2.19. The van der Waals surface area contributed by atoms with E-state index in [1.165, 1.54) is 25.9 Å². The Morgan fingerprint density at radius 3 is 2.79 bits per heavy atom. The summed E-state index contributed by atoms with van der Waals surface area (Å²) in [5, 5.41) is 8.71. The van der Waals surface area contributed by atoms with E-state index >= 15 is 0 Å². The van der Waals surface area contributed by atoms with Crippen molar-refractivity contribution in [2.75, 3.05) is 40.3 Å². The molecule has 0 radical (unpaired) electrons. The maximum Gasteiger partial charge on any atom is 0.0431 e. The summed E-state index contributed by atoms with van der Waals surface area (Å²) >= 11 is 0. The molecule has 0 spiro atoms. The summed E-state index contributed by atoms with van der Waals surface area (Å²) in [6.45, 7) is 3.95. The summed E-state index contributed by atoms with van der Waals surface area (Å²) in [7, 11) is 4.34. The number of aliphatic hydroxyl groups excluding tert-OH is 1. The third-order valence-electron chi connectivity index (χ3n) is 3.09. The van der Waals surface area contributed by atoms with Crippen LogP contribution in [-0.4, -0.2) is 61.3 Å². The van der Waals surface area contributed by atoms with Crippen molar-refractivity contribution in [1.82, 2.24) is 9.80 Å². The topological polar surface area (TPSA) is 26.7 Å². The molecule has 1 atom stereocenters. The van der Waals surface area contributed by atoms with Crippen LogP contribution in [0.2, 0.25) is 0 Å². The molecule has 14 heavy (non-hydrogen) atoms. The van der Waals surface area contributed by atoms with Crippen molar-refractivity contribution in [3.63, 3.8) is 0 Å². The Kier molecular flexibility index (Phi) is 5.45. The molecule has 0 aliphatic carbocycles. The Morgan fingerprint density at radius 1 is 1.36 bits per heavy atom. The summed E-state index contributed by atoms with van der Waals surface area (Å²) in [6, 6.07) is 0.734. The van der Waals surface area contributed by atoms with Crippen molar-refractivity contribution in [1.29, 1.82) is 0 Å². The summed E-state index contributed by atoms with van der Waals surface area (Å²) in [6.07, 6.45) is 4.74. The van der Waals surface area contributed by atoms with Gasteiger partial charge in [0.25, 0.3) is 0 Å². The van der Waals surface area contributed by atoms with Gasteiger partial charge in [-0.15, -0.1) is 0 Å². The Balaban J connectivity index is 2.19. The standard InChI is InChI=1S/C11H24N2O/c1-12(2)11-6-5-8-13(10-11)7-3-4-9-14/h11,14H,3-10H2,1-2H3. The molecule has 1 aliphatic heterocycles. The second-order valence-corrected chi connectivity index (χ2v) is 4.49. The van der Waals surface area contributed by atoms with Crippen LogP contribution in [0.4, 0.5) is 0 Å². The normalized spacial score (nSPS) is 24.4. The molecule has 0 bridgehead atoms. The van der Waals surface area contributed by atoms with Crippen LogP contribution in [-0.2, 0) is 0 Å². The molecular weight excluding hydrogens is 176 g/mol. The molecule has 1 aliphatic rings. The number of hydrogen-bond acceptors (Lipinski definition) is 3. The highest BCUT2D eigenvalue weighted by Gasteiger charge is 2.20. The van der Waals surface area contributed by atoms with E-state index in [0.717, 1.165) is 25.4 Å². The van der Waals surface area contributed by atoms with E-state index in [9.17, 15) is 0 Å². The van der Waals surface area contributed by atoms with Gasteiger partial charge in [-0.1, -0.05) is 0 Å². The molecule has 1 rings (SSSR count). The molecule has 1 unspecified atom stereocenters. The highest BCUT2D eigenvalue weighted by Crippen LogP contribution is 2.13. The number of nitrogens with zero attached hydrogens (tertiary/aromatic N) is 2. The molecule has 1 fully saturated rings. The molecule has 0 amide bonds. The molecule has 0 saturated carbocycles. The predicted molar refractivity (Wildman–Crippen MR) is 59.5 cm³/mol. The van der Waals surface area contributed by atoms with Crippen LogP contribution in [0.25, 0.3) is 0 Å². The number of rotatable bonds is 5. The largest absolute Gasteiger partial charge is 0.396 e. The van der Waals surface area contributed by atoms with Gasteiger partial charge in [0, 0.05) is 19.2 Å². The van der Waals surface area contributed by atoms with Crippen LogP contribution in [0.15, 0.2) is 0 Å². The summed E-state index contributed by atoms with van der Waals surface area (Å²) in [5.74, 6) is 0. The number of likely N-dealkylation sites (tertiary alicyclic amines) is 1. The third-order valence-corrected chi connectivity index (χ3v) is 3.09. The quantitative estimate of drug-likeness (QED) is 0.665. The van der Waals surface area contributed by atoms with Gasteiger partial charge >= 0.3 is 0 Å². The zero-order valence-corrected chi connectivity index (χ0v) is 9.58. The van der Waals surface area contributed by atoms with E-state index < -0.39 is 0 Å². The Morgan fingerprint density at radius 2 is 2.14 bits per heavy atom. The minimum Gasteiger partial charge on any atom is -0.396 e. The van der Waals surface area contributed by atoms with Crippen LogP contribution in [0.1, 0.15) is 25.7 Å². The minimum absolute atomic E-state index is 0.338. The molecule has 1 N–H and O–H groups in total. The van der Waals surface area contributed by atoms with Crippen LogP contribution in [0.3, 0.4) is 0 Å². The lowest BCUT2D eigenvalue weighted by Gasteiger charge is -2.36. The number of piperidine rings is 1. The smallest absolute Gasteiger partial charge is 0.0431 e. The molecule has 1 heterocycles. The first-order valence-electron chi connectivity index (χ1n) is 5.73. The van der Waals surface area contributed by atoms with Gasteiger partial charge in [0.2, 0.25) is 0 Å². The summed E-state index contributed by atoms with van der Waals surface area (Å²) in [5.41, 5.74) is 0. The number of aliphatic hydroxyl groups is 1. The van der Waals surface area contributed by atoms with Gasteiger partial charge in [0.05, 0.1) is 0 Å². The highest BCUT2D eigenvalue weighted by atomic mass is 16.2. The van der Waals surface area contributed by atoms with Gasteiger partial charge in [-0.05, 0) is 52.9 Å². The van der Waals surface area contributed by atoms with Crippen molar-refractivity contribution in [3.05, 3.63) is 0 Å². The van der Waals surface area contributed by atoms with Crippen molar-refractivity contribution in [2.45, 2.75) is 31.7 Å². The van der Waals surface area contributed by atoms with Crippen LogP contribution >= 0.6 is 0 Å².